The molecule has 0 atom stereocenters. The van der Waals surface area contributed by atoms with E-state index in [9.17, 15) is 0 Å². The Morgan fingerprint density at radius 2 is 1.78 bits per heavy atom. The third-order valence-corrected chi connectivity index (χ3v) is 1.37. The molecule has 1 nitrogen and oxygen atoms in total. The number of ether oxygens (including phenoxy) is 1. The van der Waals surface area contributed by atoms with E-state index < -0.39 is 0 Å². The van der Waals surface area contributed by atoms with Crippen LogP contribution in [0.5, 0.6) is 5.75 Å². The minimum Gasteiger partial charge on any atom is -0.497 e. The van der Waals surface area contributed by atoms with Gasteiger partial charge >= 0.3 is 0 Å². The predicted octanol–water partition coefficient (Wildman–Crippen LogP) is 1.73. The zero-order valence-electron chi connectivity index (χ0n) is 5.16. The molecule has 0 bridgehead atoms. The van der Waals surface area contributed by atoms with Crippen LogP contribution in [0.15, 0.2) is 24.3 Å². The van der Waals surface area contributed by atoms with Gasteiger partial charge in [-0.3, -0.25) is 0 Å². The van der Waals surface area contributed by atoms with Crippen molar-refractivity contribution >= 4 is 14.5 Å². The van der Waals surface area contributed by atoms with Gasteiger partial charge in [-0.1, -0.05) is 12.1 Å². The van der Waals surface area contributed by atoms with E-state index in [1.54, 1.807) is 7.11 Å². The third kappa shape index (κ3) is 1.69. The van der Waals surface area contributed by atoms with Gasteiger partial charge in [-0.15, -0.1) is 0 Å². The molecule has 0 fully saturated rings. The van der Waals surface area contributed by atoms with E-state index in [0.717, 1.165) is 11.1 Å². The molecule has 0 saturated carbocycles. The van der Waals surface area contributed by atoms with Crippen molar-refractivity contribution in [2.75, 3.05) is 7.11 Å². The average molecular weight is 138 g/mol. The number of methoxy groups -OCH3 is 1. The normalized spacial score (nSPS) is 9.11. The summed E-state index contributed by atoms with van der Waals surface area (Å²) in [5, 5.41) is 0.954. The van der Waals surface area contributed by atoms with Gasteiger partial charge in [0.25, 0.3) is 0 Å². The standard InChI is InChI=1S/C7H7OP/c1-8-6-2-4-7(9)5-3-6/h2-5H,1H3. The number of benzene rings is 1. The molecule has 0 aliphatic heterocycles. The first kappa shape index (κ1) is 6.57. The Kier molecular flexibility index (Phi) is 2.07. The second-order valence-electron chi connectivity index (χ2n) is 1.70. The van der Waals surface area contributed by atoms with Gasteiger partial charge in [0.2, 0.25) is 0 Å². The van der Waals surface area contributed by atoms with Crippen LogP contribution in [0.4, 0.5) is 0 Å². The summed E-state index contributed by atoms with van der Waals surface area (Å²) in [6, 6.07) is 7.54. The summed E-state index contributed by atoms with van der Waals surface area (Å²) in [6.45, 7) is 0. The molecule has 0 aliphatic rings. The van der Waals surface area contributed by atoms with Crippen molar-refractivity contribution in [3.05, 3.63) is 24.3 Å². The Morgan fingerprint density at radius 3 is 2.22 bits per heavy atom. The van der Waals surface area contributed by atoms with Crippen LogP contribution in [0.25, 0.3) is 0 Å². The maximum absolute atomic E-state index is 4.94. The van der Waals surface area contributed by atoms with Crippen LogP contribution in [0.1, 0.15) is 0 Å². The monoisotopic (exact) mass is 138 g/mol. The van der Waals surface area contributed by atoms with Crippen molar-refractivity contribution in [2.45, 2.75) is 0 Å². The van der Waals surface area contributed by atoms with Crippen molar-refractivity contribution in [3.63, 3.8) is 0 Å². The molecule has 1 rings (SSSR count). The van der Waals surface area contributed by atoms with Crippen LogP contribution in [0, 0.1) is 0 Å². The summed E-state index contributed by atoms with van der Waals surface area (Å²) >= 11 is 0. The van der Waals surface area contributed by atoms with Gasteiger partial charge in [0.05, 0.1) is 7.11 Å². The average Bonchev–Trinajstić information content (AvgIpc) is 1.90. The highest BCUT2D eigenvalue weighted by molar-refractivity contribution is 7.27. The quantitative estimate of drug-likeness (QED) is 0.537. The zero-order chi connectivity index (χ0) is 6.69. The van der Waals surface area contributed by atoms with E-state index in [1.165, 1.54) is 0 Å². The van der Waals surface area contributed by atoms with E-state index in [2.05, 4.69) is 9.24 Å². The summed E-state index contributed by atoms with van der Waals surface area (Å²) in [5.41, 5.74) is 0. The van der Waals surface area contributed by atoms with Crippen LogP contribution < -0.4 is 10.0 Å². The molecule has 1 aromatic rings. The molecule has 0 N–H and O–H groups in total. The van der Waals surface area contributed by atoms with Crippen molar-refractivity contribution in [1.29, 1.82) is 0 Å². The van der Waals surface area contributed by atoms with Crippen molar-refractivity contribution in [1.82, 2.24) is 0 Å². The van der Waals surface area contributed by atoms with Gasteiger partial charge in [-0.2, -0.15) is 0 Å². The highest BCUT2D eigenvalue weighted by Crippen LogP contribution is 2.06. The van der Waals surface area contributed by atoms with Gasteiger partial charge in [-0.05, 0) is 26.7 Å². The molecule has 0 unspecified atom stereocenters. The largest absolute Gasteiger partial charge is 0.497 e. The zero-order valence-corrected chi connectivity index (χ0v) is 6.06. The Hall–Kier alpha value is -0.550. The molecule has 0 spiro atoms. The van der Waals surface area contributed by atoms with Gasteiger partial charge in [0, 0.05) is 0 Å². The number of hydrogen-bond acceptors (Lipinski definition) is 1. The smallest absolute Gasteiger partial charge is 0.118 e. The SMILES string of the molecule is COc1ccc([P])cc1. The van der Waals surface area contributed by atoms with Gasteiger partial charge in [-0.25, -0.2) is 0 Å². The van der Waals surface area contributed by atoms with E-state index in [-0.39, 0.29) is 0 Å². The first-order valence-electron chi connectivity index (χ1n) is 2.66. The predicted molar refractivity (Wildman–Crippen MR) is 39.5 cm³/mol. The molecule has 2 heteroatoms. The Morgan fingerprint density at radius 1 is 1.22 bits per heavy atom. The van der Waals surface area contributed by atoms with Crippen LogP contribution in [-0.2, 0) is 0 Å². The molecule has 0 aliphatic carbocycles. The maximum Gasteiger partial charge on any atom is 0.118 e. The van der Waals surface area contributed by atoms with Crippen LogP contribution in [-0.4, -0.2) is 7.11 Å². The Labute approximate surface area is 57.2 Å². The van der Waals surface area contributed by atoms with Crippen LogP contribution in [0.2, 0.25) is 0 Å². The Bertz CT molecular complexity index is 181. The van der Waals surface area contributed by atoms with Crippen molar-refractivity contribution < 1.29 is 4.74 Å². The summed E-state index contributed by atoms with van der Waals surface area (Å²) in [6.07, 6.45) is 0. The fraction of sp³-hybridized carbons (Fsp3) is 0.143. The minimum atomic E-state index is 0.868. The third-order valence-electron chi connectivity index (χ3n) is 1.07. The lowest BCUT2D eigenvalue weighted by molar-refractivity contribution is 0.415. The van der Waals surface area contributed by atoms with E-state index in [1.807, 2.05) is 24.3 Å². The van der Waals surface area contributed by atoms with Crippen molar-refractivity contribution in [3.8, 4) is 5.75 Å². The summed E-state index contributed by atoms with van der Waals surface area (Å²) in [5.74, 6) is 0.868. The second kappa shape index (κ2) is 2.84. The number of hydrogen-bond donors (Lipinski definition) is 0. The maximum atomic E-state index is 4.94. The number of rotatable bonds is 1. The van der Waals surface area contributed by atoms with Gasteiger partial charge in [0.1, 0.15) is 5.75 Å². The molecule has 0 amide bonds. The molecular weight excluding hydrogens is 131 g/mol. The van der Waals surface area contributed by atoms with Crippen LogP contribution >= 0.6 is 9.24 Å². The Balaban J connectivity index is 2.88. The van der Waals surface area contributed by atoms with E-state index >= 15 is 0 Å². The second-order valence-corrected chi connectivity index (χ2v) is 2.21. The fourth-order valence-corrected chi connectivity index (χ4v) is 0.731. The van der Waals surface area contributed by atoms with E-state index in [4.69, 9.17) is 4.74 Å². The lowest BCUT2D eigenvalue weighted by atomic mass is 10.3. The fourth-order valence-electron chi connectivity index (χ4n) is 0.582. The summed E-state index contributed by atoms with van der Waals surface area (Å²) < 4.78 is 4.94. The molecular formula is C7H7OP. The molecule has 2 radical (unpaired) electrons. The van der Waals surface area contributed by atoms with Crippen molar-refractivity contribution in [2.24, 2.45) is 0 Å². The minimum absolute atomic E-state index is 0.868. The van der Waals surface area contributed by atoms with Crippen LogP contribution in [0.3, 0.4) is 0 Å². The van der Waals surface area contributed by atoms with Gasteiger partial charge in [0.15, 0.2) is 0 Å². The topological polar surface area (TPSA) is 9.23 Å². The molecule has 1 aromatic carbocycles. The van der Waals surface area contributed by atoms with Gasteiger partial charge < -0.3 is 4.74 Å². The molecule has 0 saturated heterocycles. The first-order chi connectivity index (χ1) is 4.33. The summed E-state index contributed by atoms with van der Waals surface area (Å²) in [4.78, 5) is 0. The van der Waals surface area contributed by atoms with E-state index in [0.29, 0.717) is 0 Å². The molecule has 0 heterocycles. The highest BCUT2D eigenvalue weighted by atomic mass is 31.0. The lowest BCUT2D eigenvalue weighted by Gasteiger charge is -1.96. The molecule has 9 heavy (non-hydrogen) atoms. The first-order valence-corrected chi connectivity index (χ1v) is 3.10. The summed E-state index contributed by atoms with van der Waals surface area (Å²) in [7, 11) is 5.76. The molecule has 0 aromatic heterocycles. The highest BCUT2D eigenvalue weighted by Gasteiger charge is 1.86. The lowest BCUT2D eigenvalue weighted by Crippen LogP contribution is -1.88. The molecule has 46 valence electrons.